The van der Waals surface area contributed by atoms with E-state index in [1.807, 2.05) is 12.1 Å². The molecule has 0 spiro atoms. The van der Waals surface area contributed by atoms with Crippen LogP contribution < -0.4 is 5.32 Å². The van der Waals surface area contributed by atoms with E-state index in [9.17, 15) is 0 Å². The Morgan fingerprint density at radius 3 is 2.60 bits per heavy atom. The first-order valence-electron chi connectivity index (χ1n) is 3.58. The Morgan fingerprint density at radius 2 is 2.20 bits per heavy atom. The van der Waals surface area contributed by atoms with Crippen LogP contribution in [0.5, 0.6) is 0 Å². The Balaban J connectivity index is 3.11. The molecule has 0 radical (unpaired) electrons. The van der Waals surface area contributed by atoms with Crippen molar-refractivity contribution >= 4 is 6.72 Å². The molecule has 3 nitrogen and oxygen atoms in total. The summed E-state index contributed by atoms with van der Waals surface area (Å²) in [6.45, 7) is 9.54. The third kappa shape index (κ3) is 5.56. The molecule has 1 N–H and O–H groups in total. The molecule has 0 fully saturated rings. The predicted molar refractivity (Wildman–Crippen MR) is 45.3 cm³/mol. The normalized spacial score (nSPS) is 10.0. The Kier molecular flexibility index (Phi) is 4.94. The van der Waals surface area contributed by atoms with Crippen molar-refractivity contribution in [3.63, 3.8) is 0 Å². The molecule has 0 bridgehead atoms. The van der Waals surface area contributed by atoms with Gasteiger partial charge >= 0.3 is 0 Å². The molecule has 0 aromatic carbocycles. The minimum absolute atomic E-state index is 0.554. The van der Waals surface area contributed by atoms with Gasteiger partial charge in [-0.1, -0.05) is 13.8 Å². The van der Waals surface area contributed by atoms with E-state index in [1.165, 1.54) is 0 Å². The smallest absolute Gasteiger partial charge is 0.0481 e. The second-order valence-corrected chi connectivity index (χ2v) is 2.63. The second-order valence-electron chi connectivity index (χ2n) is 2.63. The highest BCUT2D eigenvalue weighted by Crippen LogP contribution is 1.80. The standard InChI is InChI=1S/C7H17N3/c1-7(2)9-5-6-10(4)8-3/h7,9H,3,5-6H2,1-2,4H3. The van der Waals surface area contributed by atoms with Gasteiger partial charge in [-0.2, -0.15) is 5.10 Å². The molecule has 0 saturated carbocycles. The fourth-order valence-corrected chi connectivity index (χ4v) is 0.586. The van der Waals surface area contributed by atoms with Crippen LogP contribution in [0.4, 0.5) is 0 Å². The van der Waals surface area contributed by atoms with Gasteiger partial charge in [-0.3, -0.25) is 5.01 Å². The summed E-state index contributed by atoms with van der Waals surface area (Å²) in [5.41, 5.74) is 0. The van der Waals surface area contributed by atoms with E-state index >= 15 is 0 Å². The van der Waals surface area contributed by atoms with Crippen molar-refractivity contribution in [2.45, 2.75) is 19.9 Å². The minimum atomic E-state index is 0.554. The van der Waals surface area contributed by atoms with E-state index in [4.69, 9.17) is 0 Å². The van der Waals surface area contributed by atoms with Crippen molar-refractivity contribution in [1.82, 2.24) is 10.3 Å². The van der Waals surface area contributed by atoms with Crippen LogP contribution in [0, 0.1) is 0 Å². The fraction of sp³-hybridized carbons (Fsp3) is 0.857. The van der Waals surface area contributed by atoms with Crippen molar-refractivity contribution in [2.75, 3.05) is 20.1 Å². The Bertz CT molecular complexity index is 90.9. The lowest BCUT2D eigenvalue weighted by Crippen LogP contribution is -2.30. The molecule has 0 aliphatic rings. The summed E-state index contributed by atoms with van der Waals surface area (Å²) in [6.07, 6.45) is 0. The van der Waals surface area contributed by atoms with Crippen molar-refractivity contribution < 1.29 is 0 Å². The van der Waals surface area contributed by atoms with Crippen LogP contribution in [-0.4, -0.2) is 37.9 Å². The van der Waals surface area contributed by atoms with E-state index in [-0.39, 0.29) is 0 Å². The quantitative estimate of drug-likeness (QED) is 0.449. The number of hydrogen-bond donors (Lipinski definition) is 1. The van der Waals surface area contributed by atoms with Crippen molar-refractivity contribution in [2.24, 2.45) is 5.10 Å². The molecular formula is C7H17N3. The SMILES string of the molecule is C=NN(C)CCNC(C)C. The first kappa shape index (κ1) is 9.43. The van der Waals surface area contributed by atoms with Crippen LogP contribution >= 0.6 is 0 Å². The van der Waals surface area contributed by atoms with Gasteiger partial charge in [0.25, 0.3) is 0 Å². The van der Waals surface area contributed by atoms with E-state index in [2.05, 4.69) is 31.0 Å². The molecule has 0 atom stereocenters. The van der Waals surface area contributed by atoms with E-state index in [0.29, 0.717) is 6.04 Å². The zero-order valence-electron chi connectivity index (χ0n) is 7.09. The molecule has 0 unspecified atom stereocenters. The van der Waals surface area contributed by atoms with Gasteiger partial charge in [0.05, 0.1) is 0 Å². The van der Waals surface area contributed by atoms with Crippen LogP contribution in [0.3, 0.4) is 0 Å². The highest BCUT2D eigenvalue weighted by Gasteiger charge is 1.92. The molecule has 0 aromatic heterocycles. The highest BCUT2D eigenvalue weighted by atomic mass is 15.4. The summed E-state index contributed by atoms with van der Waals surface area (Å²) >= 11 is 0. The summed E-state index contributed by atoms with van der Waals surface area (Å²) in [5.74, 6) is 0. The third-order valence-electron chi connectivity index (χ3n) is 1.23. The minimum Gasteiger partial charge on any atom is -0.313 e. The van der Waals surface area contributed by atoms with Gasteiger partial charge in [0.1, 0.15) is 0 Å². The van der Waals surface area contributed by atoms with Crippen LogP contribution in [0.15, 0.2) is 5.10 Å². The predicted octanol–water partition coefficient (Wildman–Crippen LogP) is 0.532. The molecule has 0 saturated heterocycles. The zero-order valence-corrected chi connectivity index (χ0v) is 7.09. The van der Waals surface area contributed by atoms with Crippen molar-refractivity contribution in [3.8, 4) is 0 Å². The van der Waals surface area contributed by atoms with Crippen LogP contribution in [-0.2, 0) is 0 Å². The van der Waals surface area contributed by atoms with E-state index in [1.54, 1.807) is 0 Å². The van der Waals surface area contributed by atoms with Crippen LogP contribution in [0.1, 0.15) is 13.8 Å². The summed E-state index contributed by atoms with van der Waals surface area (Å²) < 4.78 is 0. The highest BCUT2D eigenvalue weighted by molar-refractivity contribution is 5.22. The summed E-state index contributed by atoms with van der Waals surface area (Å²) in [6, 6.07) is 0.554. The van der Waals surface area contributed by atoms with Crippen molar-refractivity contribution in [3.05, 3.63) is 0 Å². The zero-order chi connectivity index (χ0) is 7.98. The maximum atomic E-state index is 3.73. The Labute approximate surface area is 63.1 Å². The molecule has 60 valence electrons. The maximum absolute atomic E-state index is 3.73. The molecular weight excluding hydrogens is 126 g/mol. The number of hydrogen-bond acceptors (Lipinski definition) is 3. The molecule has 0 amide bonds. The summed E-state index contributed by atoms with van der Waals surface area (Å²) in [7, 11) is 1.91. The lowest BCUT2D eigenvalue weighted by Gasteiger charge is -2.13. The largest absolute Gasteiger partial charge is 0.313 e. The molecule has 0 aliphatic heterocycles. The lowest BCUT2D eigenvalue weighted by atomic mass is 10.4. The van der Waals surface area contributed by atoms with Crippen LogP contribution in [0.25, 0.3) is 0 Å². The molecule has 0 aromatic rings. The van der Waals surface area contributed by atoms with E-state index in [0.717, 1.165) is 13.1 Å². The van der Waals surface area contributed by atoms with Gasteiger partial charge in [-0.15, -0.1) is 0 Å². The van der Waals surface area contributed by atoms with Gasteiger partial charge in [0.15, 0.2) is 0 Å². The maximum Gasteiger partial charge on any atom is 0.0481 e. The number of rotatable bonds is 5. The second kappa shape index (κ2) is 5.23. The van der Waals surface area contributed by atoms with Gasteiger partial charge in [-0.25, -0.2) is 0 Å². The summed E-state index contributed by atoms with van der Waals surface area (Å²) in [4.78, 5) is 0. The number of nitrogens with zero attached hydrogens (tertiary/aromatic N) is 2. The molecule has 0 rings (SSSR count). The average molecular weight is 143 g/mol. The van der Waals surface area contributed by atoms with Gasteiger partial charge in [0.2, 0.25) is 0 Å². The Morgan fingerprint density at radius 1 is 1.60 bits per heavy atom. The van der Waals surface area contributed by atoms with Gasteiger partial charge < -0.3 is 5.32 Å². The summed E-state index contributed by atoms with van der Waals surface area (Å²) in [5, 5.41) is 8.82. The molecule has 0 heterocycles. The van der Waals surface area contributed by atoms with Crippen molar-refractivity contribution in [1.29, 1.82) is 0 Å². The topological polar surface area (TPSA) is 27.6 Å². The van der Waals surface area contributed by atoms with Gasteiger partial charge in [0, 0.05) is 32.9 Å². The number of nitrogens with one attached hydrogen (secondary N) is 1. The fourth-order valence-electron chi connectivity index (χ4n) is 0.586. The lowest BCUT2D eigenvalue weighted by molar-refractivity contribution is 0.347. The van der Waals surface area contributed by atoms with Gasteiger partial charge in [-0.05, 0) is 0 Å². The number of likely N-dealkylation sites (N-methyl/N-ethyl adjacent to an activating group) is 1. The van der Waals surface area contributed by atoms with E-state index < -0.39 is 0 Å². The first-order valence-corrected chi connectivity index (χ1v) is 3.58. The Hall–Kier alpha value is -0.570. The number of hydrazone groups is 1. The average Bonchev–Trinajstić information content (AvgIpc) is 1.87. The third-order valence-corrected chi connectivity index (χ3v) is 1.23. The van der Waals surface area contributed by atoms with Crippen LogP contribution in [0.2, 0.25) is 0 Å². The molecule has 10 heavy (non-hydrogen) atoms. The molecule has 3 heteroatoms. The first-order chi connectivity index (χ1) is 4.66. The molecule has 0 aliphatic carbocycles. The monoisotopic (exact) mass is 143 g/mol.